The molecule has 0 aliphatic heterocycles. The summed E-state index contributed by atoms with van der Waals surface area (Å²) in [6.07, 6.45) is 21.6. The zero-order valence-electron chi connectivity index (χ0n) is 19.2. The van der Waals surface area contributed by atoms with Gasteiger partial charge in [0.15, 0.2) is 0 Å². The molecule has 0 spiro atoms. The van der Waals surface area contributed by atoms with Crippen LogP contribution in [0.3, 0.4) is 0 Å². The van der Waals surface area contributed by atoms with E-state index >= 15 is 0 Å². The summed E-state index contributed by atoms with van der Waals surface area (Å²) in [5.74, 6) is 2.09. The van der Waals surface area contributed by atoms with E-state index in [0.29, 0.717) is 5.75 Å². The molecule has 0 aliphatic rings. The van der Waals surface area contributed by atoms with E-state index < -0.39 is 0 Å². The van der Waals surface area contributed by atoms with Crippen LogP contribution in [0.5, 0.6) is 5.75 Å². The smallest absolute Gasteiger partial charge is 0.118 e. The Bertz CT molecular complexity index is 467. The minimum Gasteiger partial charge on any atom is -0.508 e. The molecule has 162 valence electrons. The average Bonchev–Trinajstić information content (AvgIpc) is 2.69. The first-order valence-electron chi connectivity index (χ1n) is 12.5. The molecule has 0 aliphatic carbocycles. The van der Waals surface area contributed by atoms with Crippen molar-refractivity contribution in [2.75, 3.05) is 0 Å². The van der Waals surface area contributed by atoms with E-state index in [9.17, 15) is 5.11 Å². The van der Waals surface area contributed by atoms with E-state index in [1.165, 1.54) is 96.3 Å². The van der Waals surface area contributed by atoms with Crippen LogP contribution in [0.4, 0.5) is 0 Å². The molecule has 28 heavy (non-hydrogen) atoms. The molecular formula is C27H48O. The Kier molecular flexibility index (Phi) is 15.1. The van der Waals surface area contributed by atoms with E-state index in [4.69, 9.17) is 0 Å². The fourth-order valence-corrected chi connectivity index (χ4v) is 4.63. The molecule has 1 rings (SSSR count). The third-order valence-corrected chi connectivity index (χ3v) is 6.30. The van der Waals surface area contributed by atoms with Gasteiger partial charge in [-0.25, -0.2) is 0 Å². The molecule has 1 nitrogen and oxygen atoms in total. The highest BCUT2D eigenvalue weighted by molar-refractivity contribution is 5.32. The summed E-state index contributed by atoms with van der Waals surface area (Å²) in [6.45, 7) is 6.92. The van der Waals surface area contributed by atoms with Crippen LogP contribution in [0, 0.1) is 11.8 Å². The first-order valence-corrected chi connectivity index (χ1v) is 12.5. The van der Waals surface area contributed by atoms with E-state index in [0.717, 1.165) is 23.8 Å². The lowest BCUT2D eigenvalue weighted by Crippen LogP contribution is -2.12. The summed E-state index contributed by atoms with van der Waals surface area (Å²) in [7, 11) is 0. The van der Waals surface area contributed by atoms with Gasteiger partial charge in [-0.3, -0.25) is 0 Å². The molecule has 0 aromatic heterocycles. The molecule has 0 radical (unpaired) electrons. The van der Waals surface area contributed by atoms with Crippen molar-refractivity contribution in [2.45, 2.75) is 124 Å². The molecule has 1 aromatic rings. The van der Waals surface area contributed by atoms with Gasteiger partial charge >= 0.3 is 0 Å². The van der Waals surface area contributed by atoms with E-state index in [1.54, 1.807) is 0 Å². The van der Waals surface area contributed by atoms with Crippen molar-refractivity contribution in [1.82, 2.24) is 0 Å². The standard InChI is InChI=1S/C27H48O/c1-4-7-9-11-13-18-24(17-6-3)22-25(19-14-12-10-8-5-2)23-26-20-15-16-21-27(26)28/h15-16,20-21,24-25,28H,4-14,17-19,22-23H2,1-3H3. The Labute approximate surface area is 176 Å². The van der Waals surface area contributed by atoms with Crippen LogP contribution in [-0.4, -0.2) is 5.11 Å². The third kappa shape index (κ3) is 11.8. The fraction of sp³-hybridized carbons (Fsp3) is 0.778. The van der Waals surface area contributed by atoms with Gasteiger partial charge in [-0.15, -0.1) is 0 Å². The molecule has 0 amide bonds. The maximum absolute atomic E-state index is 10.3. The lowest BCUT2D eigenvalue weighted by molar-refractivity contribution is 0.301. The fourth-order valence-electron chi connectivity index (χ4n) is 4.63. The molecule has 0 saturated carbocycles. The van der Waals surface area contributed by atoms with Crippen molar-refractivity contribution in [3.8, 4) is 5.75 Å². The summed E-state index contributed by atoms with van der Waals surface area (Å²) in [6, 6.07) is 7.99. The Morgan fingerprint density at radius 1 is 0.643 bits per heavy atom. The van der Waals surface area contributed by atoms with Gasteiger partial charge in [0.1, 0.15) is 5.75 Å². The lowest BCUT2D eigenvalue weighted by atomic mass is 9.81. The minimum atomic E-state index is 0.491. The Morgan fingerprint density at radius 3 is 1.79 bits per heavy atom. The van der Waals surface area contributed by atoms with Gasteiger partial charge in [-0.2, -0.15) is 0 Å². The zero-order chi connectivity index (χ0) is 20.5. The summed E-state index contributed by atoms with van der Waals surface area (Å²) < 4.78 is 0. The highest BCUT2D eigenvalue weighted by atomic mass is 16.3. The lowest BCUT2D eigenvalue weighted by Gasteiger charge is -2.24. The van der Waals surface area contributed by atoms with E-state index in [2.05, 4.69) is 32.9 Å². The summed E-state index contributed by atoms with van der Waals surface area (Å²) in [5, 5.41) is 10.3. The SMILES string of the molecule is CCCCCCCC(CCC)CC(CCCCCCC)Cc1ccccc1O. The number of para-hydroxylation sites is 1. The number of phenols is 1. The van der Waals surface area contributed by atoms with Crippen LogP contribution in [0.25, 0.3) is 0 Å². The van der Waals surface area contributed by atoms with Gasteiger partial charge in [0.05, 0.1) is 0 Å². The summed E-state index contributed by atoms with van der Waals surface area (Å²) >= 11 is 0. The molecule has 2 unspecified atom stereocenters. The first-order chi connectivity index (χ1) is 13.7. The first kappa shape index (κ1) is 25.1. The van der Waals surface area contributed by atoms with Crippen LogP contribution in [-0.2, 0) is 6.42 Å². The minimum absolute atomic E-state index is 0.491. The number of benzene rings is 1. The molecule has 1 N–H and O–H groups in total. The molecule has 2 atom stereocenters. The number of hydrogen-bond donors (Lipinski definition) is 1. The Morgan fingerprint density at radius 2 is 1.21 bits per heavy atom. The average molecular weight is 389 g/mol. The predicted molar refractivity (Wildman–Crippen MR) is 125 cm³/mol. The zero-order valence-corrected chi connectivity index (χ0v) is 19.2. The molecule has 0 heterocycles. The van der Waals surface area contributed by atoms with Gasteiger partial charge in [-0.05, 0) is 36.3 Å². The maximum atomic E-state index is 10.3. The van der Waals surface area contributed by atoms with Crippen molar-refractivity contribution in [1.29, 1.82) is 0 Å². The second-order valence-corrected chi connectivity index (χ2v) is 9.00. The maximum Gasteiger partial charge on any atom is 0.118 e. The monoisotopic (exact) mass is 388 g/mol. The van der Waals surface area contributed by atoms with Gasteiger partial charge in [0.25, 0.3) is 0 Å². The molecule has 1 heteroatoms. The summed E-state index contributed by atoms with van der Waals surface area (Å²) in [5.41, 5.74) is 1.15. The van der Waals surface area contributed by atoms with Crippen LogP contribution in [0.2, 0.25) is 0 Å². The van der Waals surface area contributed by atoms with Gasteiger partial charge in [0.2, 0.25) is 0 Å². The van der Waals surface area contributed by atoms with Crippen molar-refractivity contribution in [3.63, 3.8) is 0 Å². The molecule has 0 saturated heterocycles. The number of unbranched alkanes of at least 4 members (excludes halogenated alkanes) is 8. The van der Waals surface area contributed by atoms with Crippen molar-refractivity contribution >= 4 is 0 Å². The van der Waals surface area contributed by atoms with E-state index in [-0.39, 0.29) is 0 Å². The van der Waals surface area contributed by atoms with Crippen molar-refractivity contribution in [2.24, 2.45) is 11.8 Å². The Hall–Kier alpha value is -0.980. The Balaban J connectivity index is 2.59. The van der Waals surface area contributed by atoms with Crippen LogP contribution < -0.4 is 0 Å². The van der Waals surface area contributed by atoms with Crippen LogP contribution in [0.1, 0.15) is 123 Å². The number of rotatable bonds is 18. The van der Waals surface area contributed by atoms with Gasteiger partial charge in [-0.1, -0.05) is 129 Å². The second kappa shape index (κ2) is 16.9. The number of hydrogen-bond acceptors (Lipinski definition) is 1. The molecular weight excluding hydrogens is 340 g/mol. The molecule has 0 fully saturated rings. The van der Waals surface area contributed by atoms with Gasteiger partial charge < -0.3 is 5.11 Å². The van der Waals surface area contributed by atoms with Crippen molar-refractivity contribution in [3.05, 3.63) is 29.8 Å². The third-order valence-electron chi connectivity index (χ3n) is 6.30. The summed E-state index contributed by atoms with van der Waals surface area (Å²) in [4.78, 5) is 0. The normalized spacial score (nSPS) is 13.5. The quantitative estimate of drug-likeness (QED) is 0.249. The van der Waals surface area contributed by atoms with E-state index in [1.807, 2.05) is 12.1 Å². The molecule has 1 aromatic carbocycles. The van der Waals surface area contributed by atoms with Gasteiger partial charge in [0, 0.05) is 0 Å². The van der Waals surface area contributed by atoms with Crippen LogP contribution in [0.15, 0.2) is 24.3 Å². The largest absolute Gasteiger partial charge is 0.508 e. The second-order valence-electron chi connectivity index (χ2n) is 9.00. The highest BCUT2D eigenvalue weighted by Gasteiger charge is 2.18. The highest BCUT2D eigenvalue weighted by Crippen LogP contribution is 2.31. The topological polar surface area (TPSA) is 20.2 Å². The number of phenolic OH excluding ortho intramolecular Hbond substituents is 1. The van der Waals surface area contributed by atoms with Crippen molar-refractivity contribution < 1.29 is 5.11 Å². The molecule has 0 bridgehead atoms. The predicted octanol–water partition coefficient (Wildman–Crippen LogP) is 9.08. The number of aromatic hydroxyl groups is 1. The van der Waals surface area contributed by atoms with Crippen LogP contribution >= 0.6 is 0 Å².